The van der Waals surface area contributed by atoms with Crippen LogP contribution in [0.5, 0.6) is 0 Å². The maximum Gasteiger partial charge on any atom is 1.00 e. The van der Waals surface area contributed by atoms with E-state index in [-0.39, 0.29) is 63.7 Å². The predicted molar refractivity (Wildman–Crippen MR) is 55.5 cm³/mol. The average molecular weight is 273 g/mol. The first-order chi connectivity index (χ1) is 6.58. The van der Waals surface area contributed by atoms with Gasteiger partial charge in [-0.25, -0.2) is 8.42 Å². The monoisotopic (exact) mass is 273 g/mol. The molecule has 80 valence electrons. The Morgan fingerprint density at radius 1 is 1.40 bits per heavy atom. The van der Waals surface area contributed by atoms with Gasteiger partial charge < -0.3 is 9.87 Å². The molecule has 0 amide bonds. The third kappa shape index (κ3) is 8.96. The topological polar surface area (TPSA) is 69.2 Å². The van der Waals surface area contributed by atoms with Gasteiger partial charge in [-0.1, -0.05) is 0 Å². The minimum Gasteiger partial charge on any atom is -0.748 e. The second-order valence-corrected chi connectivity index (χ2v) is 5.20. The normalized spacial score (nSPS) is 11.0. The van der Waals surface area contributed by atoms with Gasteiger partial charge in [0.1, 0.15) is 0 Å². The maximum atomic E-state index is 10.2. The van der Waals surface area contributed by atoms with Crippen LogP contribution in [0.2, 0.25) is 0 Å². The van der Waals surface area contributed by atoms with Crippen LogP contribution in [0.4, 0.5) is 0 Å². The Kier molecular flexibility index (Phi) is 8.99. The zero-order chi connectivity index (χ0) is 10.4. The van der Waals surface area contributed by atoms with Gasteiger partial charge in [0.25, 0.3) is 0 Å². The van der Waals surface area contributed by atoms with Crippen molar-refractivity contribution >= 4 is 21.5 Å². The van der Waals surface area contributed by atoms with Crippen LogP contribution in [-0.2, 0) is 16.5 Å². The fraction of sp³-hybridized carbons (Fsp3) is 0.500. The number of nitrogens with one attached hydrogen (secondary N) is 1. The first-order valence-electron chi connectivity index (χ1n) is 4.23. The Bertz CT molecular complexity index is 350. The number of hydrogen-bond acceptors (Lipinski definition) is 5. The van der Waals surface area contributed by atoms with Gasteiger partial charge in [0, 0.05) is 6.54 Å². The van der Waals surface area contributed by atoms with Crippen molar-refractivity contribution in [2.45, 2.75) is 6.42 Å². The SMILES string of the molecule is O=S(=O)([O-])CCNCCc1ccsc1.[K+]. The number of hydrogen-bond donors (Lipinski definition) is 1. The molecule has 1 rings (SSSR count). The molecule has 0 saturated carbocycles. The van der Waals surface area contributed by atoms with Crippen molar-refractivity contribution in [3.05, 3.63) is 22.4 Å². The fourth-order valence-electron chi connectivity index (χ4n) is 0.990. The van der Waals surface area contributed by atoms with E-state index in [0.717, 1.165) is 6.42 Å². The van der Waals surface area contributed by atoms with Crippen LogP contribution < -0.4 is 56.7 Å². The Morgan fingerprint density at radius 3 is 2.67 bits per heavy atom. The molecule has 1 N–H and O–H groups in total. The summed E-state index contributed by atoms with van der Waals surface area (Å²) in [7, 11) is -4.07. The van der Waals surface area contributed by atoms with Crippen LogP contribution in [0.1, 0.15) is 5.56 Å². The van der Waals surface area contributed by atoms with E-state index < -0.39 is 10.1 Å². The molecule has 0 unspecified atom stereocenters. The van der Waals surface area contributed by atoms with E-state index in [1.807, 2.05) is 16.8 Å². The molecule has 0 spiro atoms. The van der Waals surface area contributed by atoms with Gasteiger partial charge in [-0.05, 0) is 35.4 Å². The van der Waals surface area contributed by atoms with E-state index >= 15 is 0 Å². The van der Waals surface area contributed by atoms with Crippen LogP contribution in [0.25, 0.3) is 0 Å². The zero-order valence-electron chi connectivity index (χ0n) is 8.60. The van der Waals surface area contributed by atoms with E-state index in [1.54, 1.807) is 11.3 Å². The fourth-order valence-corrected chi connectivity index (χ4v) is 2.09. The second kappa shape index (κ2) is 8.32. The summed E-state index contributed by atoms with van der Waals surface area (Å²) >= 11 is 1.63. The quantitative estimate of drug-likeness (QED) is 0.351. The third-order valence-electron chi connectivity index (χ3n) is 1.70. The summed E-state index contributed by atoms with van der Waals surface area (Å²) in [5.41, 5.74) is 1.23. The number of rotatable bonds is 6. The van der Waals surface area contributed by atoms with Crippen molar-refractivity contribution < 1.29 is 64.4 Å². The van der Waals surface area contributed by atoms with Crippen LogP contribution >= 0.6 is 11.3 Å². The molecule has 1 aromatic rings. The minimum atomic E-state index is -4.07. The Balaban J connectivity index is 0.00000196. The standard InChI is InChI=1S/C8H13NO3S2.K/c10-14(11,12)6-4-9-3-1-8-2-5-13-7-8;/h2,5,7,9H,1,3-4,6H2,(H,10,11,12);/q;+1/p-1. The van der Waals surface area contributed by atoms with Crippen molar-refractivity contribution in [1.29, 1.82) is 0 Å². The molecule has 0 atom stereocenters. The third-order valence-corrected chi connectivity index (χ3v) is 3.14. The van der Waals surface area contributed by atoms with E-state index in [9.17, 15) is 13.0 Å². The predicted octanol–water partition coefficient (Wildman–Crippen LogP) is -2.57. The van der Waals surface area contributed by atoms with Crippen molar-refractivity contribution in [3.63, 3.8) is 0 Å². The van der Waals surface area contributed by atoms with Crippen LogP contribution in [0.15, 0.2) is 16.8 Å². The molecule has 0 bridgehead atoms. The van der Waals surface area contributed by atoms with Gasteiger partial charge in [-0.2, -0.15) is 11.3 Å². The van der Waals surface area contributed by atoms with Crippen LogP contribution in [-0.4, -0.2) is 31.8 Å². The maximum absolute atomic E-state index is 10.2. The Hall–Kier alpha value is 1.21. The van der Waals surface area contributed by atoms with Gasteiger partial charge in [-0.15, -0.1) is 0 Å². The molecule has 4 nitrogen and oxygen atoms in total. The van der Waals surface area contributed by atoms with Gasteiger partial charge in [0.2, 0.25) is 0 Å². The molecule has 1 aromatic heterocycles. The van der Waals surface area contributed by atoms with Crippen molar-refractivity contribution in [2.75, 3.05) is 18.8 Å². The first-order valence-corrected chi connectivity index (χ1v) is 6.75. The summed E-state index contributed by atoms with van der Waals surface area (Å²) in [4.78, 5) is 0. The van der Waals surface area contributed by atoms with Gasteiger partial charge >= 0.3 is 51.4 Å². The van der Waals surface area contributed by atoms with E-state index in [0.29, 0.717) is 6.54 Å². The van der Waals surface area contributed by atoms with Crippen LogP contribution in [0, 0.1) is 0 Å². The van der Waals surface area contributed by atoms with Crippen molar-refractivity contribution in [1.82, 2.24) is 5.32 Å². The largest absolute Gasteiger partial charge is 1.00 e. The van der Waals surface area contributed by atoms with Crippen molar-refractivity contribution in [2.24, 2.45) is 0 Å². The molecule has 1 heterocycles. The summed E-state index contributed by atoms with van der Waals surface area (Å²) in [6, 6.07) is 2.02. The Labute approximate surface area is 137 Å². The molecule has 0 aliphatic rings. The molecular weight excluding hydrogens is 261 g/mol. The van der Waals surface area contributed by atoms with E-state index in [4.69, 9.17) is 0 Å². The molecular formula is C8H12KNO3S2. The van der Waals surface area contributed by atoms with Gasteiger partial charge in [-0.3, -0.25) is 0 Å². The van der Waals surface area contributed by atoms with Crippen molar-refractivity contribution in [3.8, 4) is 0 Å². The number of thiophene rings is 1. The minimum absolute atomic E-state index is 0. The molecule has 0 fully saturated rings. The molecule has 15 heavy (non-hydrogen) atoms. The molecule has 7 heteroatoms. The summed E-state index contributed by atoms with van der Waals surface area (Å²) < 4.78 is 30.7. The van der Waals surface area contributed by atoms with Gasteiger partial charge in [0.05, 0.1) is 15.9 Å². The van der Waals surface area contributed by atoms with Crippen LogP contribution in [0.3, 0.4) is 0 Å². The summed E-state index contributed by atoms with van der Waals surface area (Å²) in [6.45, 7) is 0.933. The summed E-state index contributed by atoms with van der Waals surface area (Å²) in [6.07, 6.45) is 0.863. The summed E-state index contributed by atoms with van der Waals surface area (Å²) in [5.74, 6) is -0.337. The van der Waals surface area contributed by atoms with Gasteiger partial charge in [0.15, 0.2) is 0 Å². The first kappa shape index (κ1) is 16.2. The van der Waals surface area contributed by atoms with E-state index in [1.165, 1.54) is 5.56 Å². The Morgan fingerprint density at radius 2 is 2.13 bits per heavy atom. The molecule has 0 saturated heterocycles. The average Bonchev–Trinajstić information content (AvgIpc) is 2.54. The molecule has 0 aromatic carbocycles. The second-order valence-electron chi connectivity index (χ2n) is 2.89. The smallest absolute Gasteiger partial charge is 0.748 e. The summed E-state index contributed by atoms with van der Waals surface area (Å²) in [5, 5.41) is 6.95. The van der Waals surface area contributed by atoms with E-state index in [2.05, 4.69) is 5.32 Å². The molecule has 0 aliphatic heterocycles. The molecule has 0 radical (unpaired) electrons. The molecule has 0 aliphatic carbocycles. The zero-order valence-corrected chi connectivity index (χ0v) is 13.4.